The zero-order chi connectivity index (χ0) is 51.8. The molecule has 4 atom stereocenters. The quantitative estimate of drug-likeness (QED) is 0.0612. The van der Waals surface area contributed by atoms with Gasteiger partial charge in [-0.15, -0.1) is 0 Å². The van der Waals surface area contributed by atoms with Crippen LogP contribution < -0.4 is 26.6 Å². The fourth-order valence-corrected chi connectivity index (χ4v) is 6.89. The van der Waals surface area contributed by atoms with Crippen molar-refractivity contribution in [1.29, 1.82) is 0 Å². The van der Waals surface area contributed by atoms with Crippen molar-refractivity contribution in [3.05, 3.63) is 64.7 Å². The van der Waals surface area contributed by atoms with Gasteiger partial charge in [0.1, 0.15) is 34.2 Å². The standard InChI is InChI=1S/C48H73N7O12S/c1-29-23-34(56)24-30(2)35(29)27-36(51-40(54-43(61)66-47(9,10)11)55-44(62)67-48(12,13)14)37(57)26-32(21-22-68(15)63)38(58)49-28-33(25-31-19-17-16-18-20-31)50-39(52-41(59)64-45(3,4)5)53-42(60)65-46(6,7)8/h16-20,23-24,32-33,36,56H,21-22,25-28H2,1-15H3,(H,49,58)(H2,50,52,53,59,60)(H2,51,54,55,61,62)/t32-,33-,36-,68?/m0/s1. The third-order valence-electron chi connectivity index (χ3n) is 8.92. The molecular formula is C48H73N7O12S. The number of aryl methyl sites for hydroxylation is 2. The molecule has 0 fully saturated rings. The topological polar surface area (TPSA) is 262 Å². The van der Waals surface area contributed by atoms with Crippen molar-refractivity contribution in [3.8, 4) is 5.75 Å². The highest BCUT2D eigenvalue weighted by molar-refractivity contribution is 7.84. The Bertz CT molecular complexity index is 2080. The molecule has 0 heterocycles. The van der Waals surface area contributed by atoms with E-state index in [2.05, 4.69) is 36.6 Å². The van der Waals surface area contributed by atoms with Crippen LogP contribution in [-0.4, -0.2) is 110 Å². The second-order valence-corrected chi connectivity index (χ2v) is 21.8. The van der Waals surface area contributed by atoms with Crippen LogP contribution in [-0.2, 0) is 52.2 Å². The van der Waals surface area contributed by atoms with Crippen LogP contribution in [0, 0.1) is 19.8 Å². The molecule has 0 aliphatic rings. The van der Waals surface area contributed by atoms with Gasteiger partial charge in [-0.2, -0.15) is 0 Å². The Morgan fingerprint density at radius 3 is 1.46 bits per heavy atom. The average molecular weight is 972 g/mol. The number of carbonyl (C=O) groups excluding carboxylic acids is 6. The number of amides is 5. The van der Waals surface area contributed by atoms with Crippen molar-refractivity contribution >= 4 is 58.8 Å². The van der Waals surface area contributed by atoms with Gasteiger partial charge in [-0.1, -0.05) is 30.3 Å². The molecule has 0 radical (unpaired) electrons. The molecule has 0 aliphatic carbocycles. The van der Waals surface area contributed by atoms with E-state index in [1.165, 1.54) is 18.4 Å². The summed E-state index contributed by atoms with van der Waals surface area (Å²) in [6.45, 7) is 23.1. The molecule has 0 aromatic heterocycles. The number of hydrogen-bond acceptors (Lipinski definition) is 14. The smallest absolute Gasteiger partial charge is 0.414 e. The molecule has 0 aliphatic heterocycles. The number of ether oxygens (including phenoxy) is 4. The zero-order valence-electron chi connectivity index (χ0n) is 42.3. The van der Waals surface area contributed by atoms with Crippen molar-refractivity contribution < 1.29 is 57.0 Å². The van der Waals surface area contributed by atoms with Crippen molar-refractivity contribution in [3.63, 3.8) is 0 Å². The predicted octanol–water partition coefficient (Wildman–Crippen LogP) is 6.80. The number of carbonyl (C=O) groups is 6. The maximum Gasteiger partial charge on any atom is 0.414 e. The number of ketones is 1. The van der Waals surface area contributed by atoms with Crippen LogP contribution in [0.2, 0.25) is 0 Å². The van der Waals surface area contributed by atoms with Crippen LogP contribution >= 0.6 is 0 Å². The molecule has 0 saturated heterocycles. The zero-order valence-corrected chi connectivity index (χ0v) is 43.1. The number of benzene rings is 2. The molecule has 19 nitrogen and oxygen atoms in total. The van der Waals surface area contributed by atoms with Crippen molar-refractivity contribution in [2.24, 2.45) is 15.9 Å². The monoisotopic (exact) mass is 972 g/mol. The van der Waals surface area contributed by atoms with Gasteiger partial charge in [0.05, 0.1) is 6.04 Å². The molecule has 2 aromatic rings. The fraction of sp³-hybridized carbons (Fsp3) is 0.583. The van der Waals surface area contributed by atoms with Crippen molar-refractivity contribution in [2.75, 3.05) is 18.6 Å². The Balaban J connectivity index is 2.68. The van der Waals surface area contributed by atoms with E-state index in [4.69, 9.17) is 18.9 Å². The van der Waals surface area contributed by atoms with E-state index in [-0.39, 0.29) is 43.3 Å². The first-order valence-corrected chi connectivity index (χ1v) is 24.0. The maximum atomic E-state index is 14.7. The summed E-state index contributed by atoms with van der Waals surface area (Å²) >= 11 is 0. The highest BCUT2D eigenvalue weighted by Gasteiger charge is 2.31. The number of aromatic hydroxyl groups is 1. The highest BCUT2D eigenvalue weighted by Crippen LogP contribution is 2.25. The second kappa shape index (κ2) is 25.4. The van der Waals surface area contributed by atoms with Crippen LogP contribution in [0.25, 0.3) is 0 Å². The number of nitrogens with one attached hydrogen (secondary N) is 5. The van der Waals surface area contributed by atoms with Gasteiger partial charge in [0.15, 0.2) is 5.78 Å². The largest absolute Gasteiger partial charge is 0.508 e. The molecule has 0 spiro atoms. The van der Waals surface area contributed by atoms with Gasteiger partial charge in [0, 0.05) is 48.1 Å². The van der Waals surface area contributed by atoms with Gasteiger partial charge in [-0.25, -0.2) is 29.2 Å². The third-order valence-corrected chi connectivity index (χ3v) is 9.73. The van der Waals surface area contributed by atoms with Gasteiger partial charge in [-0.05, 0) is 144 Å². The summed E-state index contributed by atoms with van der Waals surface area (Å²) in [4.78, 5) is 90.2. The van der Waals surface area contributed by atoms with Gasteiger partial charge in [0.25, 0.3) is 0 Å². The summed E-state index contributed by atoms with van der Waals surface area (Å²) in [7, 11) is -1.37. The summed E-state index contributed by atoms with van der Waals surface area (Å²) in [6.07, 6.45) is -2.65. The predicted molar refractivity (Wildman–Crippen MR) is 261 cm³/mol. The molecule has 0 saturated carbocycles. The maximum absolute atomic E-state index is 14.7. The lowest BCUT2D eigenvalue weighted by atomic mass is 9.90. The number of Topliss-reactive ketones (excluding diaryl/α,β-unsaturated/α-hetero) is 1. The van der Waals surface area contributed by atoms with Gasteiger partial charge in [-0.3, -0.25) is 35.1 Å². The van der Waals surface area contributed by atoms with E-state index in [9.17, 15) is 38.1 Å². The Kier molecular flexibility index (Phi) is 21.7. The van der Waals surface area contributed by atoms with E-state index >= 15 is 0 Å². The number of hydrogen-bond donors (Lipinski definition) is 6. The lowest BCUT2D eigenvalue weighted by Crippen LogP contribution is -2.48. The van der Waals surface area contributed by atoms with Crippen molar-refractivity contribution in [1.82, 2.24) is 26.6 Å². The molecule has 1 unspecified atom stereocenters. The number of alkyl carbamates (subject to hydrolysis) is 4. The minimum Gasteiger partial charge on any atom is -0.508 e. The Labute approximate surface area is 403 Å². The van der Waals surface area contributed by atoms with E-state index in [1.54, 1.807) is 96.9 Å². The molecule has 2 rings (SSSR count). The van der Waals surface area contributed by atoms with Crippen LogP contribution in [0.5, 0.6) is 5.75 Å². The van der Waals surface area contributed by atoms with Crippen LogP contribution in [0.15, 0.2) is 52.4 Å². The summed E-state index contributed by atoms with van der Waals surface area (Å²) in [5.74, 6) is -2.98. The Morgan fingerprint density at radius 1 is 0.647 bits per heavy atom. The molecule has 378 valence electrons. The first kappa shape index (κ1) is 58.1. The highest BCUT2D eigenvalue weighted by atomic mass is 32.2. The minimum absolute atomic E-state index is 0.00145. The van der Waals surface area contributed by atoms with Gasteiger partial charge < -0.3 is 29.4 Å². The normalized spacial score (nSPS) is 13.5. The summed E-state index contributed by atoms with van der Waals surface area (Å²) < 4.78 is 34.1. The van der Waals surface area contributed by atoms with Crippen molar-refractivity contribution in [2.45, 2.75) is 157 Å². The first-order valence-electron chi connectivity index (χ1n) is 22.3. The SMILES string of the molecule is Cc1cc(O)cc(C)c1C[C@H](N=C(NC(=O)OC(C)(C)C)NC(=O)OC(C)(C)C)C(=O)C[C@H](CCS(C)=O)C(=O)NC[C@H](Cc1ccccc1)N=C(NC(=O)OC(C)(C)C)NC(=O)OC(C)(C)C. The first-order chi connectivity index (χ1) is 31.2. The number of phenolic OH excluding ortho intramolecular Hbond substituents is 1. The van der Waals surface area contributed by atoms with Crippen LogP contribution in [0.1, 0.15) is 118 Å². The van der Waals surface area contributed by atoms with Crippen LogP contribution in [0.4, 0.5) is 19.2 Å². The van der Waals surface area contributed by atoms with Crippen LogP contribution in [0.3, 0.4) is 0 Å². The van der Waals surface area contributed by atoms with E-state index in [0.717, 1.165) is 5.56 Å². The molecule has 0 bridgehead atoms. The lowest BCUT2D eigenvalue weighted by molar-refractivity contribution is -0.130. The van der Waals surface area contributed by atoms with E-state index < -0.39 is 99.6 Å². The number of phenols is 1. The van der Waals surface area contributed by atoms with E-state index in [1.807, 2.05) is 30.3 Å². The molecule has 6 N–H and O–H groups in total. The average Bonchev–Trinajstić information content (AvgIpc) is 3.13. The lowest BCUT2D eigenvalue weighted by Gasteiger charge is -2.24. The molecule has 5 amide bonds. The Hall–Kier alpha value is -6.05. The summed E-state index contributed by atoms with van der Waals surface area (Å²) in [6, 6.07) is 9.99. The Morgan fingerprint density at radius 2 is 1.06 bits per heavy atom. The summed E-state index contributed by atoms with van der Waals surface area (Å²) in [5, 5.41) is 23.0. The second-order valence-electron chi connectivity index (χ2n) is 20.3. The summed E-state index contributed by atoms with van der Waals surface area (Å²) in [5.41, 5.74) is -1.02. The van der Waals surface area contributed by atoms with Gasteiger partial charge in [0.2, 0.25) is 17.8 Å². The molecule has 68 heavy (non-hydrogen) atoms. The molecule has 20 heteroatoms. The number of aliphatic imine (C=N–C) groups is 2. The number of guanidine groups is 2. The van der Waals surface area contributed by atoms with Gasteiger partial charge >= 0.3 is 24.4 Å². The molecular weight excluding hydrogens is 899 g/mol. The fourth-order valence-electron chi connectivity index (χ4n) is 6.27. The third kappa shape index (κ3) is 24.6. The number of nitrogens with zero attached hydrogens (tertiary/aromatic N) is 2. The molecule has 2 aromatic carbocycles. The van der Waals surface area contributed by atoms with E-state index in [0.29, 0.717) is 16.7 Å². The minimum atomic E-state index is -1.37. The number of rotatable bonds is 15.